The monoisotopic (exact) mass is 416 g/mol. The van der Waals surface area contributed by atoms with Crippen molar-refractivity contribution in [3.63, 3.8) is 0 Å². The molecule has 0 saturated heterocycles. The first kappa shape index (κ1) is 19.7. The molecule has 0 radical (unpaired) electrons. The van der Waals surface area contributed by atoms with Crippen LogP contribution in [0.3, 0.4) is 0 Å². The van der Waals surface area contributed by atoms with Crippen LogP contribution in [0.5, 0.6) is 0 Å². The zero-order chi connectivity index (χ0) is 21.1. The van der Waals surface area contributed by atoms with Crippen LogP contribution in [0.15, 0.2) is 71.9 Å². The van der Waals surface area contributed by atoms with Crippen LogP contribution in [0.25, 0.3) is 11.0 Å². The van der Waals surface area contributed by atoms with E-state index in [4.69, 9.17) is 5.73 Å². The van der Waals surface area contributed by atoms with Gasteiger partial charge < -0.3 is 16.0 Å². The number of carbonyl (C=O) groups excluding carboxylic acids is 2. The Bertz CT molecular complexity index is 1220. The lowest BCUT2D eigenvalue weighted by atomic mass is 10.1. The van der Waals surface area contributed by atoms with Gasteiger partial charge in [0.1, 0.15) is 0 Å². The smallest absolute Gasteiger partial charge is 0.255 e. The number of amides is 2. The van der Waals surface area contributed by atoms with E-state index in [2.05, 4.69) is 15.3 Å². The number of fused-ring (bicyclic) bond motifs is 1. The third-order valence-corrected chi connectivity index (χ3v) is 5.67. The summed E-state index contributed by atoms with van der Waals surface area (Å²) in [5.74, 6) is -0.0939. The average molecular weight is 417 g/mol. The summed E-state index contributed by atoms with van der Waals surface area (Å²) in [4.78, 5) is 32.1. The van der Waals surface area contributed by atoms with Crippen LogP contribution in [0.4, 0.5) is 5.69 Å². The summed E-state index contributed by atoms with van der Waals surface area (Å²) in [6.45, 7) is 1.79. The number of hydrogen-bond donors (Lipinski definition) is 3. The van der Waals surface area contributed by atoms with Gasteiger partial charge in [0.15, 0.2) is 5.16 Å². The molecule has 4 rings (SSSR count). The summed E-state index contributed by atoms with van der Waals surface area (Å²) in [6.07, 6.45) is 0. The number of nitrogens with one attached hydrogen (secondary N) is 2. The number of imidazole rings is 1. The van der Waals surface area contributed by atoms with Crippen molar-refractivity contribution in [2.24, 2.45) is 5.73 Å². The predicted octanol–water partition coefficient (Wildman–Crippen LogP) is 4.51. The quantitative estimate of drug-likeness (QED) is 0.402. The lowest BCUT2D eigenvalue weighted by Crippen LogP contribution is -2.16. The van der Waals surface area contributed by atoms with E-state index >= 15 is 0 Å². The molecule has 6 nitrogen and oxygen atoms in total. The largest absolute Gasteiger partial charge is 0.366 e. The summed E-state index contributed by atoms with van der Waals surface area (Å²) in [5.41, 5.74) is 10.5. The second-order valence-electron chi connectivity index (χ2n) is 6.85. The van der Waals surface area contributed by atoms with E-state index in [0.29, 0.717) is 28.1 Å². The highest BCUT2D eigenvalue weighted by Crippen LogP contribution is 2.25. The van der Waals surface area contributed by atoms with Gasteiger partial charge in [0.05, 0.1) is 11.0 Å². The number of aromatic amines is 1. The lowest BCUT2D eigenvalue weighted by Gasteiger charge is -2.11. The van der Waals surface area contributed by atoms with Crippen molar-refractivity contribution in [2.45, 2.75) is 17.8 Å². The van der Waals surface area contributed by atoms with Crippen molar-refractivity contribution in [1.82, 2.24) is 9.97 Å². The van der Waals surface area contributed by atoms with Gasteiger partial charge >= 0.3 is 0 Å². The van der Waals surface area contributed by atoms with Crippen molar-refractivity contribution >= 4 is 40.3 Å². The van der Waals surface area contributed by atoms with Crippen molar-refractivity contribution < 1.29 is 9.59 Å². The average Bonchev–Trinajstić information content (AvgIpc) is 3.15. The summed E-state index contributed by atoms with van der Waals surface area (Å²) in [6, 6.07) is 20.4. The minimum atomic E-state index is -0.488. The third kappa shape index (κ3) is 4.21. The molecule has 150 valence electrons. The number of H-pyrrole nitrogens is 1. The molecule has 4 N–H and O–H groups in total. The fraction of sp³-hybridized carbons (Fsp3) is 0.0870. The molecule has 4 aromatic rings. The number of aryl methyl sites for hydroxylation is 1. The summed E-state index contributed by atoms with van der Waals surface area (Å²) in [7, 11) is 0. The first-order valence-electron chi connectivity index (χ1n) is 9.38. The Hall–Kier alpha value is -3.58. The van der Waals surface area contributed by atoms with Crippen molar-refractivity contribution in [2.75, 3.05) is 5.32 Å². The number of anilines is 1. The van der Waals surface area contributed by atoms with Crippen molar-refractivity contribution in [3.05, 3.63) is 89.0 Å². The number of primary amides is 1. The fourth-order valence-electron chi connectivity index (χ4n) is 3.23. The standard InChI is InChI=1S/C23H20N4O2S/c1-14-12-16(10-11-17(14)21(24)28)25-22(29)18-7-3-2-6-15(18)13-30-23-26-19-8-4-5-9-20(19)27-23/h2-12H,13H2,1H3,(H2,24,28)(H,25,29)(H,26,27). The summed E-state index contributed by atoms with van der Waals surface area (Å²) in [5, 5.41) is 3.71. The van der Waals surface area contributed by atoms with Gasteiger partial charge in [-0.1, -0.05) is 42.1 Å². The van der Waals surface area contributed by atoms with Crippen molar-refractivity contribution in [3.8, 4) is 0 Å². The van der Waals surface area contributed by atoms with E-state index in [-0.39, 0.29) is 5.91 Å². The molecule has 0 atom stereocenters. The molecule has 0 unspecified atom stereocenters. The first-order chi connectivity index (χ1) is 14.5. The summed E-state index contributed by atoms with van der Waals surface area (Å²) >= 11 is 1.55. The van der Waals surface area contributed by atoms with Crippen LogP contribution in [-0.2, 0) is 5.75 Å². The second-order valence-corrected chi connectivity index (χ2v) is 7.82. The molecule has 1 aromatic heterocycles. The molecule has 0 fully saturated rings. The van der Waals surface area contributed by atoms with E-state index in [9.17, 15) is 9.59 Å². The molecule has 30 heavy (non-hydrogen) atoms. The van der Waals surface area contributed by atoms with Crippen LogP contribution >= 0.6 is 11.8 Å². The molecular formula is C23H20N4O2S. The Morgan fingerprint density at radius 1 is 1.03 bits per heavy atom. The fourth-order valence-corrected chi connectivity index (χ4v) is 4.12. The number of rotatable bonds is 6. The minimum absolute atomic E-state index is 0.206. The number of thioether (sulfide) groups is 1. The molecular weight excluding hydrogens is 396 g/mol. The topological polar surface area (TPSA) is 101 Å². The third-order valence-electron chi connectivity index (χ3n) is 4.74. The van der Waals surface area contributed by atoms with Crippen LogP contribution in [-0.4, -0.2) is 21.8 Å². The minimum Gasteiger partial charge on any atom is -0.366 e. The Balaban J connectivity index is 1.50. The highest BCUT2D eigenvalue weighted by molar-refractivity contribution is 7.98. The Morgan fingerprint density at radius 2 is 1.80 bits per heavy atom. The van der Waals surface area contributed by atoms with Gasteiger partial charge in [0.2, 0.25) is 5.91 Å². The molecule has 3 aromatic carbocycles. The number of benzene rings is 3. The molecule has 0 spiro atoms. The van der Waals surface area contributed by atoms with Crippen LogP contribution < -0.4 is 11.1 Å². The van der Waals surface area contributed by atoms with Gasteiger partial charge in [0.25, 0.3) is 5.91 Å². The first-order valence-corrected chi connectivity index (χ1v) is 10.4. The number of para-hydroxylation sites is 2. The summed E-state index contributed by atoms with van der Waals surface area (Å²) < 4.78 is 0. The van der Waals surface area contributed by atoms with Gasteiger partial charge in [-0.15, -0.1) is 0 Å². The molecule has 0 aliphatic heterocycles. The maximum Gasteiger partial charge on any atom is 0.255 e. The van der Waals surface area contributed by atoms with E-state index in [0.717, 1.165) is 21.8 Å². The highest BCUT2D eigenvalue weighted by Gasteiger charge is 2.13. The zero-order valence-electron chi connectivity index (χ0n) is 16.3. The second kappa shape index (κ2) is 8.42. The molecule has 1 heterocycles. The Kier molecular flexibility index (Phi) is 5.54. The van der Waals surface area contributed by atoms with E-state index < -0.39 is 5.91 Å². The van der Waals surface area contributed by atoms with E-state index in [1.165, 1.54) is 0 Å². The number of nitrogens with zero attached hydrogens (tertiary/aromatic N) is 1. The van der Waals surface area contributed by atoms with Crippen molar-refractivity contribution in [1.29, 1.82) is 0 Å². The SMILES string of the molecule is Cc1cc(NC(=O)c2ccccc2CSc2nc3ccccc3[nH]2)ccc1C(N)=O. The van der Waals surface area contributed by atoms with E-state index in [1.54, 1.807) is 43.0 Å². The zero-order valence-corrected chi connectivity index (χ0v) is 17.1. The van der Waals surface area contributed by atoms with Gasteiger partial charge in [-0.25, -0.2) is 4.98 Å². The van der Waals surface area contributed by atoms with Crippen LogP contribution in [0.2, 0.25) is 0 Å². The van der Waals surface area contributed by atoms with Gasteiger partial charge in [-0.05, 0) is 54.4 Å². The molecule has 0 saturated carbocycles. The Labute approximate surface area is 177 Å². The molecule has 0 aliphatic carbocycles. The lowest BCUT2D eigenvalue weighted by molar-refractivity contribution is 0.0997. The molecule has 0 bridgehead atoms. The maximum absolute atomic E-state index is 12.9. The van der Waals surface area contributed by atoms with Crippen LogP contribution in [0, 0.1) is 6.92 Å². The van der Waals surface area contributed by atoms with Gasteiger partial charge in [-0.2, -0.15) is 0 Å². The van der Waals surface area contributed by atoms with Crippen LogP contribution in [0.1, 0.15) is 31.8 Å². The Morgan fingerprint density at radius 3 is 2.57 bits per heavy atom. The number of nitrogens with two attached hydrogens (primary N) is 1. The number of aromatic nitrogens is 2. The number of hydrogen-bond acceptors (Lipinski definition) is 4. The molecule has 7 heteroatoms. The number of carbonyl (C=O) groups is 2. The van der Waals surface area contributed by atoms with Gasteiger partial charge in [-0.3, -0.25) is 9.59 Å². The highest BCUT2D eigenvalue weighted by atomic mass is 32.2. The van der Waals surface area contributed by atoms with E-state index in [1.807, 2.05) is 42.5 Å². The normalized spacial score (nSPS) is 10.8. The molecule has 0 aliphatic rings. The maximum atomic E-state index is 12.9. The molecule has 2 amide bonds. The predicted molar refractivity (Wildman–Crippen MR) is 120 cm³/mol. The van der Waals surface area contributed by atoms with Gasteiger partial charge in [0, 0.05) is 22.6 Å².